The maximum atomic E-state index is 12.0. The normalized spacial score (nSPS) is 10.2. The lowest BCUT2D eigenvalue weighted by atomic mass is 10.2. The zero-order valence-electron chi connectivity index (χ0n) is 12.4. The molecule has 2 rings (SSSR count). The number of ether oxygens (including phenoxy) is 2. The van der Waals surface area contributed by atoms with Gasteiger partial charge in [-0.2, -0.15) is 0 Å². The molecule has 0 unspecified atom stereocenters. The minimum Gasteiger partial charge on any atom is -0.497 e. The second-order valence-corrected chi connectivity index (χ2v) is 6.07. The van der Waals surface area contributed by atoms with E-state index in [0.717, 1.165) is 26.8 Å². The number of hydrogen-bond acceptors (Lipinski definition) is 4. The molecule has 0 spiro atoms. The molecule has 4 nitrogen and oxygen atoms in total. The highest BCUT2D eigenvalue weighted by molar-refractivity contribution is 7.12. The Hall–Kier alpha value is -2.01. The van der Waals surface area contributed by atoms with Gasteiger partial charge in [0.2, 0.25) is 0 Å². The van der Waals surface area contributed by atoms with Crippen LogP contribution in [0.25, 0.3) is 0 Å². The van der Waals surface area contributed by atoms with E-state index in [2.05, 4.69) is 5.32 Å². The van der Waals surface area contributed by atoms with E-state index in [1.807, 2.05) is 44.2 Å². The Bertz CT molecular complexity index is 604. The zero-order valence-corrected chi connectivity index (χ0v) is 13.3. The number of rotatable bonds is 6. The number of carbonyl (C=O) groups is 1. The third-order valence-electron chi connectivity index (χ3n) is 3.00. The zero-order chi connectivity index (χ0) is 15.2. The first kappa shape index (κ1) is 15.4. The maximum absolute atomic E-state index is 12.0. The van der Waals surface area contributed by atoms with Gasteiger partial charge in [-0.3, -0.25) is 4.79 Å². The van der Waals surface area contributed by atoms with Gasteiger partial charge in [0, 0.05) is 9.75 Å². The van der Waals surface area contributed by atoms with Crippen LogP contribution in [-0.2, 0) is 0 Å². The minimum absolute atomic E-state index is 0.0461. The first-order chi connectivity index (χ1) is 10.1. The van der Waals surface area contributed by atoms with Crippen molar-refractivity contribution in [2.75, 3.05) is 20.3 Å². The summed E-state index contributed by atoms with van der Waals surface area (Å²) in [6.07, 6.45) is 0. The molecule has 5 heteroatoms. The van der Waals surface area contributed by atoms with Gasteiger partial charge in [0.25, 0.3) is 5.91 Å². The Labute approximate surface area is 128 Å². The van der Waals surface area contributed by atoms with Crippen molar-refractivity contribution in [1.82, 2.24) is 5.32 Å². The molecule has 21 heavy (non-hydrogen) atoms. The Balaban J connectivity index is 1.76. The van der Waals surface area contributed by atoms with Gasteiger partial charge in [-0.15, -0.1) is 11.3 Å². The molecule has 1 amide bonds. The fourth-order valence-electron chi connectivity index (χ4n) is 1.96. The van der Waals surface area contributed by atoms with Gasteiger partial charge < -0.3 is 14.8 Å². The summed E-state index contributed by atoms with van der Waals surface area (Å²) in [6, 6.07) is 9.27. The molecular formula is C16H19NO3S. The fraction of sp³-hybridized carbons (Fsp3) is 0.312. The highest BCUT2D eigenvalue weighted by atomic mass is 32.1. The Kier molecular flexibility index (Phi) is 5.22. The van der Waals surface area contributed by atoms with Crippen molar-refractivity contribution < 1.29 is 14.3 Å². The van der Waals surface area contributed by atoms with Gasteiger partial charge in [-0.25, -0.2) is 0 Å². The van der Waals surface area contributed by atoms with Crippen molar-refractivity contribution in [1.29, 1.82) is 0 Å². The van der Waals surface area contributed by atoms with Crippen LogP contribution >= 0.6 is 11.3 Å². The van der Waals surface area contributed by atoms with Crippen LogP contribution in [-0.4, -0.2) is 26.2 Å². The number of amides is 1. The lowest BCUT2D eigenvalue weighted by Crippen LogP contribution is -2.28. The Morgan fingerprint density at radius 3 is 2.43 bits per heavy atom. The van der Waals surface area contributed by atoms with Gasteiger partial charge in [-0.1, -0.05) is 0 Å². The molecule has 0 aliphatic heterocycles. The van der Waals surface area contributed by atoms with E-state index >= 15 is 0 Å². The third kappa shape index (κ3) is 4.23. The van der Waals surface area contributed by atoms with Crippen molar-refractivity contribution in [3.63, 3.8) is 0 Å². The summed E-state index contributed by atoms with van der Waals surface area (Å²) < 4.78 is 10.6. The van der Waals surface area contributed by atoms with Crippen molar-refractivity contribution in [2.24, 2.45) is 0 Å². The summed E-state index contributed by atoms with van der Waals surface area (Å²) in [5, 5.41) is 2.86. The number of nitrogens with one attached hydrogen (secondary N) is 1. The van der Waals surface area contributed by atoms with Crippen LogP contribution in [0.1, 0.15) is 20.1 Å². The molecule has 1 N–H and O–H groups in total. The Morgan fingerprint density at radius 1 is 1.19 bits per heavy atom. The second kappa shape index (κ2) is 7.13. The minimum atomic E-state index is -0.0461. The molecule has 2 aromatic rings. The highest BCUT2D eigenvalue weighted by Crippen LogP contribution is 2.20. The maximum Gasteiger partial charge on any atom is 0.252 e. The molecule has 0 saturated heterocycles. The molecule has 0 fully saturated rings. The first-order valence-electron chi connectivity index (χ1n) is 6.72. The summed E-state index contributed by atoms with van der Waals surface area (Å²) in [6.45, 7) is 4.86. The van der Waals surface area contributed by atoms with E-state index in [1.54, 1.807) is 18.4 Å². The molecule has 0 aliphatic rings. The van der Waals surface area contributed by atoms with E-state index in [1.165, 1.54) is 0 Å². The molecule has 1 aromatic carbocycles. The van der Waals surface area contributed by atoms with Crippen LogP contribution in [0.5, 0.6) is 11.5 Å². The molecule has 0 bridgehead atoms. The summed E-state index contributed by atoms with van der Waals surface area (Å²) in [5.41, 5.74) is 0.752. The van der Waals surface area contributed by atoms with E-state index in [-0.39, 0.29) is 5.91 Å². The number of hydrogen-bond donors (Lipinski definition) is 1. The summed E-state index contributed by atoms with van der Waals surface area (Å²) in [4.78, 5) is 14.2. The van der Waals surface area contributed by atoms with Crippen molar-refractivity contribution >= 4 is 17.2 Å². The highest BCUT2D eigenvalue weighted by Gasteiger charge is 2.11. The molecule has 0 atom stereocenters. The summed E-state index contributed by atoms with van der Waals surface area (Å²) >= 11 is 1.63. The molecule has 0 aliphatic carbocycles. The number of benzene rings is 1. The average Bonchev–Trinajstić information content (AvgIpc) is 2.83. The van der Waals surface area contributed by atoms with Gasteiger partial charge in [0.15, 0.2) is 0 Å². The third-order valence-corrected chi connectivity index (χ3v) is 3.97. The number of carbonyl (C=O) groups excluding carboxylic acids is 1. The van der Waals surface area contributed by atoms with Crippen LogP contribution in [0.4, 0.5) is 0 Å². The quantitative estimate of drug-likeness (QED) is 0.834. The Morgan fingerprint density at radius 2 is 1.86 bits per heavy atom. The number of methoxy groups -OCH3 is 1. The van der Waals surface area contributed by atoms with Gasteiger partial charge in [-0.05, 0) is 44.2 Å². The largest absolute Gasteiger partial charge is 0.497 e. The van der Waals surface area contributed by atoms with E-state index in [9.17, 15) is 4.79 Å². The monoisotopic (exact) mass is 305 g/mol. The van der Waals surface area contributed by atoms with Crippen molar-refractivity contribution in [3.05, 3.63) is 45.6 Å². The van der Waals surface area contributed by atoms with Crippen LogP contribution in [0, 0.1) is 13.8 Å². The second-order valence-electron chi connectivity index (χ2n) is 4.61. The fourth-order valence-corrected chi connectivity index (χ4v) is 2.88. The molecule has 1 aromatic heterocycles. The van der Waals surface area contributed by atoms with Crippen molar-refractivity contribution in [2.45, 2.75) is 13.8 Å². The van der Waals surface area contributed by atoms with Crippen LogP contribution < -0.4 is 14.8 Å². The SMILES string of the molecule is COc1ccc(OCCNC(=O)c2cc(C)sc2C)cc1. The predicted octanol–water partition coefficient (Wildman–Crippen LogP) is 3.18. The lowest BCUT2D eigenvalue weighted by Gasteiger charge is -2.08. The summed E-state index contributed by atoms with van der Waals surface area (Å²) in [5.74, 6) is 1.50. The predicted molar refractivity (Wildman–Crippen MR) is 84.6 cm³/mol. The molecule has 1 heterocycles. The topological polar surface area (TPSA) is 47.6 Å². The van der Waals surface area contributed by atoms with E-state index in [0.29, 0.717) is 13.2 Å². The standard InChI is InChI=1S/C16H19NO3S/c1-11-10-15(12(2)21-11)16(18)17-8-9-20-14-6-4-13(19-3)5-7-14/h4-7,10H,8-9H2,1-3H3,(H,17,18). The van der Waals surface area contributed by atoms with Gasteiger partial charge in [0.1, 0.15) is 18.1 Å². The van der Waals surface area contributed by atoms with Crippen LogP contribution in [0.15, 0.2) is 30.3 Å². The van der Waals surface area contributed by atoms with Gasteiger partial charge >= 0.3 is 0 Å². The van der Waals surface area contributed by atoms with Crippen LogP contribution in [0.2, 0.25) is 0 Å². The number of aryl methyl sites for hydroxylation is 2. The van der Waals surface area contributed by atoms with Crippen LogP contribution in [0.3, 0.4) is 0 Å². The average molecular weight is 305 g/mol. The molecule has 0 radical (unpaired) electrons. The molecular weight excluding hydrogens is 286 g/mol. The smallest absolute Gasteiger partial charge is 0.252 e. The summed E-state index contributed by atoms with van der Waals surface area (Å²) in [7, 11) is 1.62. The van der Waals surface area contributed by atoms with Crippen molar-refractivity contribution in [3.8, 4) is 11.5 Å². The molecule has 0 saturated carbocycles. The van der Waals surface area contributed by atoms with E-state index < -0.39 is 0 Å². The van der Waals surface area contributed by atoms with E-state index in [4.69, 9.17) is 9.47 Å². The van der Waals surface area contributed by atoms with Gasteiger partial charge in [0.05, 0.1) is 19.2 Å². The lowest BCUT2D eigenvalue weighted by molar-refractivity contribution is 0.0947. The molecule has 112 valence electrons. The first-order valence-corrected chi connectivity index (χ1v) is 7.54. The number of thiophene rings is 1.